The third-order valence-corrected chi connectivity index (χ3v) is 10.1. The van der Waals surface area contributed by atoms with Gasteiger partial charge in [0.25, 0.3) is 0 Å². The van der Waals surface area contributed by atoms with Crippen LogP contribution in [0.15, 0.2) is 133 Å². The van der Waals surface area contributed by atoms with Gasteiger partial charge in [-0.2, -0.15) is 0 Å². The summed E-state index contributed by atoms with van der Waals surface area (Å²) in [5.41, 5.74) is 10.4. The van der Waals surface area contributed by atoms with E-state index in [1.165, 1.54) is 0 Å². The first kappa shape index (κ1) is 39.0. The Kier molecular flexibility index (Phi) is 12.3. The second-order valence-electron chi connectivity index (χ2n) is 14.8. The molecule has 5 aromatic rings. The van der Waals surface area contributed by atoms with E-state index in [0.29, 0.717) is 27.8 Å². The van der Waals surface area contributed by atoms with Crippen molar-refractivity contribution in [3.63, 3.8) is 0 Å². The normalized spacial score (nSPS) is 12.4. The highest BCUT2D eigenvalue weighted by Crippen LogP contribution is 2.49. The van der Waals surface area contributed by atoms with Crippen LogP contribution in [0.4, 0.5) is 4.79 Å². The minimum absolute atomic E-state index is 0.0783. The van der Waals surface area contributed by atoms with Gasteiger partial charge in [0.2, 0.25) is 0 Å². The number of amides is 1. The minimum Gasteiger partial charge on any atom is -0.456 e. The lowest BCUT2D eigenvalue weighted by Gasteiger charge is -2.36. The molecule has 0 spiro atoms. The Morgan fingerprint density at radius 1 is 0.660 bits per heavy atom. The molecule has 0 fully saturated rings. The predicted molar refractivity (Wildman–Crippen MR) is 214 cm³/mol. The lowest BCUT2D eigenvalue weighted by Crippen LogP contribution is -2.46. The second kappa shape index (κ2) is 16.7. The summed E-state index contributed by atoms with van der Waals surface area (Å²) in [5, 5.41) is 2.94. The Hall–Kier alpha value is -5.18. The SMILES string of the molecule is CC(C)(C)OC(=O)NC(CSC(c1ccccc1)(c1ccccc1)c1ccccc1)C(=O)c1c(CN)cccc1-c1cccc(C(=O)OC(C)(C)C)c1. The molecule has 7 nitrogen and oxygen atoms in total. The molecular formula is C45H48N2O5S. The molecule has 0 saturated carbocycles. The fourth-order valence-electron chi connectivity index (χ4n) is 6.24. The van der Waals surface area contributed by atoms with Crippen LogP contribution in [0.2, 0.25) is 0 Å². The highest BCUT2D eigenvalue weighted by atomic mass is 32.2. The van der Waals surface area contributed by atoms with Crippen molar-refractivity contribution in [1.82, 2.24) is 5.32 Å². The lowest BCUT2D eigenvalue weighted by atomic mass is 9.84. The minimum atomic E-state index is -1.04. The molecule has 0 aromatic heterocycles. The number of ketones is 1. The average Bonchev–Trinajstić information content (AvgIpc) is 3.14. The highest BCUT2D eigenvalue weighted by Gasteiger charge is 2.39. The summed E-state index contributed by atoms with van der Waals surface area (Å²) >= 11 is 1.56. The summed E-state index contributed by atoms with van der Waals surface area (Å²) in [7, 11) is 0. The van der Waals surface area contributed by atoms with Crippen molar-refractivity contribution in [2.45, 2.75) is 70.1 Å². The molecule has 3 N–H and O–H groups in total. The zero-order valence-corrected chi connectivity index (χ0v) is 32.0. The summed E-state index contributed by atoms with van der Waals surface area (Å²) in [5.74, 6) is -0.625. The molecule has 0 aliphatic heterocycles. The monoisotopic (exact) mass is 728 g/mol. The van der Waals surface area contributed by atoms with Crippen molar-refractivity contribution < 1.29 is 23.9 Å². The van der Waals surface area contributed by atoms with Gasteiger partial charge in [-0.15, -0.1) is 11.8 Å². The quantitative estimate of drug-likeness (QED) is 0.0749. The number of rotatable bonds is 12. The van der Waals surface area contributed by atoms with Crippen molar-refractivity contribution in [2.75, 3.05) is 5.75 Å². The van der Waals surface area contributed by atoms with E-state index in [4.69, 9.17) is 15.2 Å². The molecule has 5 rings (SSSR count). The van der Waals surface area contributed by atoms with Gasteiger partial charge in [0.15, 0.2) is 5.78 Å². The number of hydrogen-bond donors (Lipinski definition) is 2. The van der Waals surface area contributed by atoms with E-state index in [1.54, 1.807) is 50.7 Å². The molecule has 53 heavy (non-hydrogen) atoms. The molecule has 5 aromatic carbocycles. The zero-order chi connectivity index (χ0) is 38.2. The number of nitrogens with one attached hydrogen (secondary N) is 1. The van der Waals surface area contributed by atoms with Gasteiger partial charge in [0, 0.05) is 17.9 Å². The van der Waals surface area contributed by atoms with Crippen LogP contribution in [-0.2, 0) is 20.8 Å². The number of nitrogens with two attached hydrogens (primary N) is 1. The third-order valence-electron chi connectivity index (χ3n) is 8.44. The average molecular weight is 729 g/mol. The largest absolute Gasteiger partial charge is 0.456 e. The Morgan fingerprint density at radius 3 is 1.66 bits per heavy atom. The topological polar surface area (TPSA) is 108 Å². The van der Waals surface area contributed by atoms with Crippen LogP contribution < -0.4 is 11.1 Å². The number of Topliss-reactive ketones (excluding diaryl/α,β-unsaturated/α-hetero) is 1. The molecule has 1 atom stereocenters. The number of hydrogen-bond acceptors (Lipinski definition) is 7. The van der Waals surface area contributed by atoms with Crippen LogP contribution in [0, 0.1) is 0 Å². The maximum absolute atomic E-state index is 15.1. The van der Waals surface area contributed by atoms with E-state index in [0.717, 1.165) is 16.7 Å². The molecule has 0 heterocycles. The Labute approximate surface area is 317 Å². The van der Waals surface area contributed by atoms with Gasteiger partial charge in [-0.25, -0.2) is 9.59 Å². The van der Waals surface area contributed by atoms with Crippen LogP contribution in [0.1, 0.15) is 84.5 Å². The molecule has 0 radical (unpaired) electrons. The molecule has 1 unspecified atom stereocenters. The summed E-state index contributed by atoms with van der Waals surface area (Å²) in [6.07, 6.45) is -0.708. The molecule has 0 aliphatic carbocycles. The van der Waals surface area contributed by atoms with Gasteiger partial charge in [0.1, 0.15) is 17.2 Å². The number of ether oxygens (including phenoxy) is 2. The lowest BCUT2D eigenvalue weighted by molar-refractivity contribution is 0.00691. The summed E-state index contributed by atoms with van der Waals surface area (Å²) in [4.78, 5) is 41.7. The molecule has 274 valence electrons. The molecule has 0 saturated heterocycles. The summed E-state index contributed by atoms with van der Waals surface area (Å²) < 4.78 is 10.6. The number of carbonyl (C=O) groups excluding carboxylic acids is 3. The highest BCUT2D eigenvalue weighted by molar-refractivity contribution is 8.00. The van der Waals surface area contributed by atoms with Crippen LogP contribution in [-0.4, -0.2) is 40.8 Å². The van der Waals surface area contributed by atoms with Crippen molar-refractivity contribution in [1.29, 1.82) is 0 Å². The van der Waals surface area contributed by atoms with Crippen LogP contribution in [0.25, 0.3) is 11.1 Å². The van der Waals surface area contributed by atoms with E-state index in [-0.39, 0.29) is 18.1 Å². The number of thioether (sulfide) groups is 1. The maximum atomic E-state index is 15.1. The van der Waals surface area contributed by atoms with E-state index >= 15 is 4.79 Å². The van der Waals surface area contributed by atoms with Crippen molar-refractivity contribution in [3.8, 4) is 11.1 Å². The fourth-order valence-corrected chi connectivity index (χ4v) is 7.80. The van der Waals surface area contributed by atoms with Gasteiger partial charge >= 0.3 is 12.1 Å². The third kappa shape index (κ3) is 9.63. The number of benzene rings is 5. The van der Waals surface area contributed by atoms with E-state index in [1.807, 2.05) is 99.6 Å². The Bertz CT molecular complexity index is 1920. The fraction of sp³-hybridized carbons (Fsp3) is 0.267. The second-order valence-corrected chi connectivity index (χ2v) is 16.0. The standard InChI is InChI=1S/C45H48N2O5S/c1-43(2,3)51-41(49)32-19-16-18-31(28-32)37-27-17-20-33(29-46)39(37)40(48)38(47-42(50)52-44(4,5)6)30-53-45(34-21-10-7-11-22-34,35-23-12-8-13-24-35)36-25-14-9-15-26-36/h7-28,38H,29-30,46H2,1-6H3,(H,47,50). The first-order chi connectivity index (χ1) is 25.2. The van der Waals surface area contributed by atoms with Crippen molar-refractivity contribution in [2.24, 2.45) is 5.73 Å². The van der Waals surface area contributed by atoms with Gasteiger partial charge < -0.3 is 20.5 Å². The zero-order valence-electron chi connectivity index (χ0n) is 31.2. The predicted octanol–water partition coefficient (Wildman–Crippen LogP) is 9.57. The van der Waals surface area contributed by atoms with E-state index in [2.05, 4.69) is 41.7 Å². The van der Waals surface area contributed by atoms with Crippen molar-refractivity contribution in [3.05, 3.63) is 167 Å². The van der Waals surface area contributed by atoms with Gasteiger partial charge in [-0.1, -0.05) is 121 Å². The molecule has 0 bridgehead atoms. The van der Waals surface area contributed by atoms with Gasteiger partial charge in [-0.05, 0) is 87.1 Å². The summed E-state index contributed by atoms with van der Waals surface area (Å²) in [6.45, 7) is 10.9. The smallest absolute Gasteiger partial charge is 0.408 e. The number of carbonyl (C=O) groups is 3. The van der Waals surface area contributed by atoms with Crippen molar-refractivity contribution >= 4 is 29.6 Å². The molecule has 1 amide bonds. The summed E-state index contributed by atoms with van der Waals surface area (Å²) in [6, 6.07) is 42.0. The Balaban J connectivity index is 1.64. The van der Waals surface area contributed by atoms with Crippen LogP contribution >= 0.6 is 11.8 Å². The maximum Gasteiger partial charge on any atom is 0.408 e. The first-order valence-electron chi connectivity index (χ1n) is 17.7. The molecular weight excluding hydrogens is 681 g/mol. The molecule has 0 aliphatic rings. The van der Waals surface area contributed by atoms with Gasteiger partial charge in [0.05, 0.1) is 10.3 Å². The Morgan fingerprint density at radius 2 is 1.17 bits per heavy atom. The van der Waals surface area contributed by atoms with Gasteiger partial charge in [-0.3, -0.25) is 4.79 Å². The molecule has 8 heteroatoms. The first-order valence-corrected chi connectivity index (χ1v) is 18.7. The van der Waals surface area contributed by atoms with Crippen LogP contribution in [0.3, 0.4) is 0 Å². The van der Waals surface area contributed by atoms with Crippen LogP contribution in [0.5, 0.6) is 0 Å². The number of alkyl carbamates (subject to hydrolysis) is 1. The number of esters is 1. The van der Waals surface area contributed by atoms with E-state index < -0.39 is 34.1 Å². The van der Waals surface area contributed by atoms with E-state index in [9.17, 15) is 9.59 Å².